The number of hydrogen-bond donors (Lipinski definition) is 2. The van der Waals surface area contributed by atoms with Gasteiger partial charge in [0.15, 0.2) is 0 Å². The molecule has 0 bridgehead atoms. The second kappa shape index (κ2) is 6.08. The van der Waals surface area contributed by atoms with Crippen LogP contribution in [0.3, 0.4) is 0 Å². The predicted molar refractivity (Wildman–Crippen MR) is 78.5 cm³/mol. The molecule has 0 aliphatic heterocycles. The van der Waals surface area contributed by atoms with E-state index in [4.69, 9.17) is 11.6 Å². The van der Waals surface area contributed by atoms with E-state index in [1.165, 1.54) is 24.3 Å². The number of nitrogens with one attached hydrogen (secondary N) is 2. The van der Waals surface area contributed by atoms with Gasteiger partial charge < -0.3 is 5.43 Å². The molecule has 2 rings (SSSR count). The Kier molecular flexibility index (Phi) is 4.41. The van der Waals surface area contributed by atoms with Gasteiger partial charge in [-0.1, -0.05) is 23.7 Å². The van der Waals surface area contributed by atoms with Gasteiger partial charge in [0.1, 0.15) is 0 Å². The smallest absolute Gasteiger partial charge is 0.270 e. The van der Waals surface area contributed by atoms with E-state index >= 15 is 0 Å². The molecule has 9 heteroatoms. The number of nitro groups is 1. The molecular weight excluding hydrogens is 318 g/mol. The first-order valence-corrected chi connectivity index (χ1v) is 7.52. The lowest BCUT2D eigenvalue weighted by Gasteiger charge is -2.09. The van der Waals surface area contributed by atoms with Crippen LogP contribution in [0.15, 0.2) is 53.4 Å². The number of nitro benzene ring substituents is 1. The highest BCUT2D eigenvalue weighted by Gasteiger charge is 2.17. The molecule has 2 N–H and O–H groups in total. The van der Waals surface area contributed by atoms with E-state index in [-0.39, 0.29) is 10.6 Å². The van der Waals surface area contributed by atoms with E-state index in [1.54, 1.807) is 18.2 Å². The van der Waals surface area contributed by atoms with Crippen LogP contribution in [0.5, 0.6) is 0 Å². The standard InChI is InChI=1S/C12H10ClN3O4S/c13-9-3-1-4-10(7-9)14-15-21(19,20)12-6-2-5-11(8-12)16(17)18/h1-8,14-15H. The Hall–Kier alpha value is -2.16. The van der Waals surface area contributed by atoms with Crippen molar-refractivity contribution >= 4 is 33.0 Å². The molecule has 0 saturated carbocycles. The van der Waals surface area contributed by atoms with Gasteiger partial charge in [-0.3, -0.25) is 10.1 Å². The van der Waals surface area contributed by atoms with Crippen LogP contribution in [0.25, 0.3) is 0 Å². The van der Waals surface area contributed by atoms with Gasteiger partial charge in [-0.05, 0) is 24.3 Å². The summed E-state index contributed by atoms with van der Waals surface area (Å²) in [4.78, 5) is 11.9. The zero-order valence-electron chi connectivity index (χ0n) is 10.5. The average Bonchev–Trinajstić information content (AvgIpc) is 2.45. The SMILES string of the molecule is O=[N+]([O-])c1cccc(S(=O)(=O)NNc2cccc(Cl)c2)c1. The molecule has 0 aromatic heterocycles. The fraction of sp³-hybridized carbons (Fsp3) is 0. The van der Waals surface area contributed by atoms with Crippen molar-refractivity contribution in [3.8, 4) is 0 Å². The largest absolute Gasteiger partial charge is 0.308 e. The minimum atomic E-state index is -3.94. The molecule has 0 aliphatic rings. The Morgan fingerprint density at radius 1 is 1.10 bits per heavy atom. The van der Waals surface area contributed by atoms with Gasteiger partial charge in [0.05, 0.1) is 15.5 Å². The Balaban J connectivity index is 2.19. The third-order valence-corrected chi connectivity index (χ3v) is 3.97. The third-order valence-electron chi connectivity index (χ3n) is 2.49. The summed E-state index contributed by atoms with van der Waals surface area (Å²) in [5, 5.41) is 11.1. The van der Waals surface area contributed by atoms with Gasteiger partial charge in [0.2, 0.25) is 0 Å². The minimum Gasteiger partial charge on any atom is -0.308 e. The first kappa shape index (κ1) is 15.2. The van der Waals surface area contributed by atoms with Crippen molar-refractivity contribution < 1.29 is 13.3 Å². The van der Waals surface area contributed by atoms with Gasteiger partial charge in [0, 0.05) is 17.2 Å². The molecule has 110 valence electrons. The topological polar surface area (TPSA) is 101 Å². The highest BCUT2D eigenvalue weighted by molar-refractivity contribution is 7.89. The fourth-order valence-corrected chi connectivity index (χ4v) is 2.61. The van der Waals surface area contributed by atoms with Crippen LogP contribution in [0.4, 0.5) is 11.4 Å². The monoisotopic (exact) mass is 327 g/mol. The maximum Gasteiger partial charge on any atom is 0.270 e. The summed E-state index contributed by atoms with van der Waals surface area (Å²) in [6.45, 7) is 0. The number of rotatable bonds is 5. The van der Waals surface area contributed by atoms with Crippen LogP contribution in [-0.4, -0.2) is 13.3 Å². The van der Waals surface area contributed by atoms with Gasteiger partial charge in [-0.15, -0.1) is 4.83 Å². The highest BCUT2D eigenvalue weighted by Crippen LogP contribution is 2.18. The molecule has 0 saturated heterocycles. The van der Waals surface area contributed by atoms with Crippen LogP contribution < -0.4 is 10.3 Å². The Morgan fingerprint density at radius 3 is 2.48 bits per heavy atom. The van der Waals surface area contributed by atoms with Crippen molar-refractivity contribution in [1.29, 1.82) is 0 Å². The number of anilines is 1. The number of hydrazine groups is 1. The molecule has 0 heterocycles. The second-order valence-electron chi connectivity index (χ2n) is 4.00. The van der Waals surface area contributed by atoms with E-state index in [0.29, 0.717) is 10.7 Å². The Labute approximate surface area is 125 Å². The summed E-state index contributed by atoms with van der Waals surface area (Å²) < 4.78 is 24.1. The van der Waals surface area contributed by atoms with Crippen LogP contribution in [-0.2, 0) is 10.0 Å². The maximum atomic E-state index is 12.0. The Morgan fingerprint density at radius 2 is 1.81 bits per heavy atom. The molecular formula is C12H10ClN3O4S. The summed E-state index contributed by atoms with van der Waals surface area (Å²) >= 11 is 5.78. The highest BCUT2D eigenvalue weighted by atomic mass is 35.5. The quantitative estimate of drug-likeness (QED) is 0.649. The van der Waals surface area contributed by atoms with Gasteiger partial charge in [0.25, 0.3) is 15.7 Å². The van der Waals surface area contributed by atoms with Crippen LogP contribution >= 0.6 is 11.6 Å². The first-order chi connectivity index (χ1) is 9.88. The van der Waals surface area contributed by atoms with Gasteiger partial charge in [-0.25, -0.2) is 8.42 Å². The molecule has 0 amide bonds. The molecule has 7 nitrogen and oxygen atoms in total. The van der Waals surface area contributed by atoms with Crippen molar-refractivity contribution in [2.24, 2.45) is 0 Å². The number of halogens is 1. The minimum absolute atomic E-state index is 0.216. The summed E-state index contributed by atoms with van der Waals surface area (Å²) in [5.74, 6) is 0. The van der Waals surface area contributed by atoms with Crippen molar-refractivity contribution in [2.75, 3.05) is 5.43 Å². The number of nitrogens with zero attached hydrogens (tertiary/aromatic N) is 1. The molecule has 21 heavy (non-hydrogen) atoms. The van der Waals surface area contributed by atoms with Gasteiger partial charge in [-0.2, -0.15) is 0 Å². The number of benzene rings is 2. The van der Waals surface area contributed by atoms with E-state index in [2.05, 4.69) is 10.3 Å². The van der Waals surface area contributed by atoms with Crippen molar-refractivity contribution in [3.05, 3.63) is 63.7 Å². The van der Waals surface area contributed by atoms with Crippen LogP contribution in [0.1, 0.15) is 0 Å². The van der Waals surface area contributed by atoms with E-state index in [9.17, 15) is 18.5 Å². The number of non-ortho nitro benzene ring substituents is 1. The van der Waals surface area contributed by atoms with E-state index < -0.39 is 14.9 Å². The maximum absolute atomic E-state index is 12.0. The number of sulfonamides is 1. The molecule has 0 unspecified atom stereocenters. The molecule has 0 atom stereocenters. The molecule has 0 spiro atoms. The molecule has 0 radical (unpaired) electrons. The van der Waals surface area contributed by atoms with E-state index in [1.807, 2.05) is 0 Å². The zero-order chi connectivity index (χ0) is 15.5. The lowest BCUT2D eigenvalue weighted by molar-refractivity contribution is -0.385. The lowest BCUT2D eigenvalue weighted by atomic mass is 10.3. The molecule has 2 aromatic carbocycles. The third kappa shape index (κ3) is 3.91. The van der Waals surface area contributed by atoms with Gasteiger partial charge >= 0.3 is 0 Å². The lowest BCUT2D eigenvalue weighted by Crippen LogP contribution is -2.29. The predicted octanol–water partition coefficient (Wildman–Crippen LogP) is 2.55. The normalized spacial score (nSPS) is 11.1. The second-order valence-corrected chi connectivity index (χ2v) is 6.11. The van der Waals surface area contributed by atoms with Crippen LogP contribution in [0.2, 0.25) is 5.02 Å². The first-order valence-electron chi connectivity index (χ1n) is 5.66. The fourth-order valence-electron chi connectivity index (χ4n) is 1.52. The van der Waals surface area contributed by atoms with E-state index in [0.717, 1.165) is 6.07 Å². The summed E-state index contributed by atoms with van der Waals surface area (Å²) in [6, 6.07) is 11.2. The summed E-state index contributed by atoms with van der Waals surface area (Å²) in [5.41, 5.74) is 2.62. The van der Waals surface area contributed by atoms with Crippen LogP contribution in [0, 0.1) is 10.1 Å². The molecule has 0 fully saturated rings. The van der Waals surface area contributed by atoms with Crippen molar-refractivity contribution in [1.82, 2.24) is 4.83 Å². The molecule has 0 aliphatic carbocycles. The van der Waals surface area contributed by atoms with Crippen molar-refractivity contribution in [2.45, 2.75) is 4.90 Å². The molecule has 2 aromatic rings. The average molecular weight is 328 g/mol. The zero-order valence-corrected chi connectivity index (χ0v) is 12.1. The summed E-state index contributed by atoms with van der Waals surface area (Å²) in [6.07, 6.45) is 0. The van der Waals surface area contributed by atoms with Crippen molar-refractivity contribution in [3.63, 3.8) is 0 Å². The number of hydrogen-bond acceptors (Lipinski definition) is 5. The Bertz CT molecular complexity index is 780. The summed E-state index contributed by atoms with van der Waals surface area (Å²) in [7, 11) is -3.94.